The van der Waals surface area contributed by atoms with Crippen LogP contribution < -0.4 is 5.32 Å². The van der Waals surface area contributed by atoms with Crippen LogP contribution in [-0.2, 0) is 4.74 Å². The summed E-state index contributed by atoms with van der Waals surface area (Å²) in [5.41, 5.74) is 0.408. The number of aliphatic hydroxyl groups is 1. The van der Waals surface area contributed by atoms with Gasteiger partial charge in [0.1, 0.15) is 11.9 Å². The molecule has 3 atom stereocenters. The highest BCUT2D eigenvalue weighted by atomic mass is 16.5. The molecule has 1 amide bonds. The average molecular weight is 293 g/mol. The maximum absolute atomic E-state index is 12.2. The Kier molecular flexibility index (Phi) is 5.25. The van der Waals surface area contributed by atoms with Crippen LogP contribution in [0.5, 0.6) is 0 Å². The van der Waals surface area contributed by atoms with Crippen molar-refractivity contribution in [1.29, 1.82) is 0 Å². The number of ether oxygens (including phenoxy) is 1. The van der Waals surface area contributed by atoms with Crippen molar-refractivity contribution in [1.82, 2.24) is 15.3 Å². The van der Waals surface area contributed by atoms with Crippen molar-refractivity contribution in [2.45, 2.75) is 57.3 Å². The van der Waals surface area contributed by atoms with E-state index >= 15 is 0 Å². The highest BCUT2D eigenvalue weighted by Gasteiger charge is 2.33. The third-order valence-corrected chi connectivity index (χ3v) is 3.87. The maximum Gasteiger partial charge on any atom is 0.254 e. The van der Waals surface area contributed by atoms with Crippen LogP contribution in [0.25, 0.3) is 0 Å². The van der Waals surface area contributed by atoms with Gasteiger partial charge in [0, 0.05) is 25.4 Å². The minimum atomic E-state index is -0.677. The quantitative estimate of drug-likeness (QED) is 0.873. The lowest BCUT2D eigenvalue weighted by Gasteiger charge is -2.34. The van der Waals surface area contributed by atoms with E-state index in [9.17, 15) is 9.90 Å². The van der Waals surface area contributed by atoms with E-state index in [-0.39, 0.29) is 24.0 Å². The molecule has 1 aliphatic carbocycles. The third-order valence-electron chi connectivity index (χ3n) is 3.87. The Morgan fingerprint density at radius 2 is 2.05 bits per heavy atom. The average Bonchev–Trinajstić information content (AvgIpc) is 2.49. The number of nitrogens with one attached hydrogen (secondary N) is 1. The van der Waals surface area contributed by atoms with Gasteiger partial charge in [-0.3, -0.25) is 4.79 Å². The van der Waals surface area contributed by atoms with E-state index in [1.165, 1.54) is 12.4 Å². The summed E-state index contributed by atoms with van der Waals surface area (Å²) < 4.78 is 5.24. The van der Waals surface area contributed by atoms with Crippen molar-refractivity contribution in [3.8, 4) is 0 Å². The Bertz CT molecular complexity index is 476. The first-order valence-corrected chi connectivity index (χ1v) is 7.36. The Labute approximate surface area is 124 Å². The number of methoxy groups -OCH3 is 1. The van der Waals surface area contributed by atoms with E-state index in [1.807, 2.05) is 13.8 Å². The van der Waals surface area contributed by atoms with Crippen LogP contribution in [-0.4, -0.2) is 46.3 Å². The van der Waals surface area contributed by atoms with Crippen molar-refractivity contribution in [2.75, 3.05) is 7.11 Å². The molecule has 1 fully saturated rings. The van der Waals surface area contributed by atoms with Crippen molar-refractivity contribution >= 4 is 5.91 Å². The first-order chi connectivity index (χ1) is 10.0. The molecule has 1 aromatic heterocycles. The van der Waals surface area contributed by atoms with Crippen LogP contribution in [0, 0.1) is 0 Å². The molecule has 6 nitrogen and oxygen atoms in total. The Morgan fingerprint density at radius 1 is 1.38 bits per heavy atom. The fraction of sp³-hybridized carbons (Fsp3) is 0.667. The number of aliphatic hydroxyl groups excluding tert-OH is 1. The lowest BCUT2D eigenvalue weighted by molar-refractivity contribution is -0.0513. The van der Waals surface area contributed by atoms with E-state index in [0.717, 1.165) is 19.3 Å². The Morgan fingerprint density at radius 3 is 2.62 bits per heavy atom. The van der Waals surface area contributed by atoms with Crippen molar-refractivity contribution in [2.24, 2.45) is 0 Å². The van der Waals surface area contributed by atoms with Crippen LogP contribution in [0.3, 0.4) is 0 Å². The number of aromatic nitrogens is 2. The zero-order valence-corrected chi connectivity index (χ0v) is 12.7. The zero-order chi connectivity index (χ0) is 15.4. The van der Waals surface area contributed by atoms with Gasteiger partial charge in [0.15, 0.2) is 0 Å². The first-order valence-electron chi connectivity index (χ1n) is 7.36. The van der Waals surface area contributed by atoms with Gasteiger partial charge in [-0.05, 0) is 19.3 Å². The molecular weight excluding hydrogens is 270 g/mol. The molecule has 1 aromatic rings. The smallest absolute Gasteiger partial charge is 0.254 e. The van der Waals surface area contributed by atoms with E-state index in [4.69, 9.17) is 4.74 Å². The summed E-state index contributed by atoms with van der Waals surface area (Å²) in [6.07, 6.45) is 4.64. The molecule has 0 spiro atoms. The number of nitrogens with zero attached hydrogens (tertiary/aromatic N) is 2. The number of carbonyl (C=O) groups is 1. The minimum Gasteiger partial charge on any atom is -0.388 e. The molecule has 0 radical (unpaired) electrons. The van der Waals surface area contributed by atoms with Crippen LogP contribution in [0.15, 0.2) is 12.4 Å². The minimum absolute atomic E-state index is 0.219. The summed E-state index contributed by atoms with van der Waals surface area (Å²) in [6.45, 7) is 4.00. The second-order valence-electron chi connectivity index (χ2n) is 5.76. The lowest BCUT2D eigenvalue weighted by Crippen LogP contribution is -2.51. The monoisotopic (exact) mass is 293 g/mol. The molecule has 1 heterocycles. The maximum atomic E-state index is 12.2. The van der Waals surface area contributed by atoms with Crippen molar-refractivity contribution in [3.05, 3.63) is 23.8 Å². The molecule has 2 N–H and O–H groups in total. The Hall–Kier alpha value is -1.53. The van der Waals surface area contributed by atoms with Crippen molar-refractivity contribution in [3.63, 3.8) is 0 Å². The molecule has 0 bridgehead atoms. The van der Waals surface area contributed by atoms with Gasteiger partial charge < -0.3 is 15.2 Å². The van der Waals surface area contributed by atoms with Gasteiger partial charge in [0.05, 0.1) is 17.7 Å². The van der Waals surface area contributed by atoms with Gasteiger partial charge in [-0.15, -0.1) is 0 Å². The highest BCUT2D eigenvalue weighted by Crippen LogP contribution is 2.21. The summed E-state index contributed by atoms with van der Waals surface area (Å²) in [4.78, 5) is 20.6. The second-order valence-corrected chi connectivity index (χ2v) is 5.76. The Balaban J connectivity index is 2.00. The second kappa shape index (κ2) is 6.95. The summed E-state index contributed by atoms with van der Waals surface area (Å²) in [5.74, 6) is 0.680. The third kappa shape index (κ3) is 3.77. The molecule has 1 aliphatic rings. The van der Waals surface area contributed by atoms with Crippen LogP contribution in [0.2, 0.25) is 0 Å². The normalized spacial score (nSPS) is 25.9. The van der Waals surface area contributed by atoms with Gasteiger partial charge >= 0.3 is 0 Å². The summed E-state index contributed by atoms with van der Waals surface area (Å²) in [5, 5.41) is 13.0. The predicted octanol–water partition coefficient (Wildman–Crippen LogP) is 1.26. The van der Waals surface area contributed by atoms with E-state index in [1.54, 1.807) is 7.11 Å². The van der Waals surface area contributed by atoms with Gasteiger partial charge in [-0.25, -0.2) is 9.97 Å². The zero-order valence-electron chi connectivity index (χ0n) is 12.7. The number of rotatable bonds is 4. The van der Waals surface area contributed by atoms with E-state index in [2.05, 4.69) is 15.3 Å². The van der Waals surface area contributed by atoms with Crippen LogP contribution in [0.1, 0.15) is 55.2 Å². The van der Waals surface area contributed by atoms with E-state index in [0.29, 0.717) is 11.4 Å². The standard InChI is InChI=1S/C15H23N3O3/c1-9(2)14-16-7-10(8-17-14)15(20)18-11-5-4-6-12(21-3)13(11)19/h7-9,11-13,19H,4-6H2,1-3H3,(H,18,20)/t11-,12-,13-/m1/s1. The molecule has 0 unspecified atom stereocenters. The number of hydrogen-bond acceptors (Lipinski definition) is 5. The molecule has 0 saturated heterocycles. The summed E-state index contributed by atoms with van der Waals surface area (Å²) in [6, 6.07) is -0.291. The fourth-order valence-electron chi connectivity index (χ4n) is 2.56. The van der Waals surface area contributed by atoms with Gasteiger partial charge in [-0.1, -0.05) is 13.8 Å². The van der Waals surface area contributed by atoms with Gasteiger partial charge in [-0.2, -0.15) is 0 Å². The predicted molar refractivity (Wildman–Crippen MR) is 78.0 cm³/mol. The van der Waals surface area contributed by atoms with Crippen LogP contribution >= 0.6 is 0 Å². The van der Waals surface area contributed by atoms with Gasteiger partial charge in [0.25, 0.3) is 5.91 Å². The molecule has 0 aromatic carbocycles. The number of carbonyl (C=O) groups excluding carboxylic acids is 1. The number of amides is 1. The van der Waals surface area contributed by atoms with E-state index < -0.39 is 6.10 Å². The fourth-order valence-corrected chi connectivity index (χ4v) is 2.56. The molecule has 116 valence electrons. The molecular formula is C15H23N3O3. The van der Waals surface area contributed by atoms with Crippen molar-refractivity contribution < 1.29 is 14.6 Å². The largest absolute Gasteiger partial charge is 0.388 e. The molecule has 1 saturated carbocycles. The summed E-state index contributed by atoms with van der Waals surface area (Å²) >= 11 is 0. The topological polar surface area (TPSA) is 84.3 Å². The number of hydrogen-bond donors (Lipinski definition) is 2. The molecule has 21 heavy (non-hydrogen) atoms. The highest BCUT2D eigenvalue weighted by molar-refractivity contribution is 5.93. The SMILES string of the molecule is CO[C@@H]1CCC[C@@H](NC(=O)c2cnc(C(C)C)nc2)[C@H]1O. The molecule has 0 aliphatic heterocycles. The molecule has 2 rings (SSSR count). The summed E-state index contributed by atoms with van der Waals surface area (Å²) in [7, 11) is 1.58. The van der Waals surface area contributed by atoms with Gasteiger partial charge in [0.2, 0.25) is 0 Å². The first kappa shape index (κ1) is 15.9. The lowest BCUT2D eigenvalue weighted by atomic mass is 9.90. The van der Waals surface area contributed by atoms with Crippen LogP contribution in [0.4, 0.5) is 0 Å². The molecule has 6 heteroatoms.